The Morgan fingerprint density at radius 3 is 2.50 bits per heavy atom. The van der Waals surface area contributed by atoms with Gasteiger partial charge in [-0.2, -0.15) is 5.10 Å². The van der Waals surface area contributed by atoms with Crippen molar-refractivity contribution in [1.82, 2.24) is 20.0 Å². The molecule has 1 aliphatic rings. The van der Waals surface area contributed by atoms with Gasteiger partial charge in [0.1, 0.15) is 17.2 Å². The third kappa shape index (κ3) is 4.27. The number of aromatic nitrogens is 2. The van der Waals surface area contributed by atoms with Gasteiger partial charge in [-0.05, 0) is 24.1 Å². The van der Waals surface area contributed by atoms with E-state index in [4.69, 9.17) is 9.47 Å². The average molecular weight is 386 g/mol. The first kappa shape index (κ1) is 19.7. The minimum Gasteiger partial charge on any atom is -0.497 e. The monoisotopic (exact) mass is 386 g/mol. The molecule has 3 rings (SSSR count). The van der Waals surface area contributed by atoms with Crippen LogP contribution in [-0.2, 0) is 13.1 Å². The van der Waals surface area contributed by atoms with Crippen molar-refractivity contribution in [2.75, 3.05) is 27.3 Å². The van der Waals surface area contributed by atoms with Crippen molar-refractivity contribution in [3.8, 4) is 11.5 Å². The van der Waals surface area contributed by atoms with Crippen molar-refractivity contribution in [1.29, 1.82) is 0 Å². The minimum absolute atomic E-state index is 0.145. The first-order valence-electron chi connectivity index (χ1n) is 9.43. The van der Waals surface area contributed by atoms with Gasteiger partial charge in [0.05, 0.1) is 20.8 Å². The molecule has 0 bridgehead atoms. The molecular weight excluding hydrogens is 360 g/mol. The number of ether oxygens (including phenoxy) is 2. The van der Waals surface area contributed by atoms with Crippen LogP contribution in [0.5, 0.6) is 11.5 Å². The van der Waals surface area contributed by atoms with E-state index < -0.39 is 0 Å². The van der Waals surface area contributed by atoms with Crippen molar-refractivity contribution < 1.29 is 19.1 Å². The van der Waals surface area contributed by atoms with Gasteiger partial charge in [0, 0.05) is 31.8 Å². The second-order valence-electron chi connectivity index (χ2n) is 6.70. The summed E-state index contributed by atoms with van der Waals surface area (Å²) < 4.78 is 12.2. The fraction of sp³-hybridized carbons (Fsp3) is 0.450. The van der Waals surface area contributed by atoms with Gasteiger partial charge < -0.3 is 19.7 Å². The summed E-state index contributed by atoms with van der Waals surface area (Å²) in [6, 6.07) is 7.13. The Morgan fingerprint density at radius 2 is 1.86 bits per heavy atom. The summed E-state index contributed by atoms with van der Waals surface area (Å²) >= 11 is 0. The number of hydrogen-bond donors (Lipinski definition) is 1. The molecule has 1 aromatic carbocycles. The SMILES string of the molecule is CCCCNC(=O)c1cc2n(n1)CCN(Cc1cc(OC)cc(OC)c1)C2=O. The van der Waals surface area contributed by atoms with E-state index in [9.17, 15) is 9.59 Å². The van der Waals surface area contributed by atoms with Crippen LogP contribution in [0, 0.1) is 0 Å². The lowest BCUT2D eigenvalue weighted by molar-refractivity contribution is 0.0682. The van der Waals surface area contributed by atoms with Crippen molar-refractivity contribution in [2.45, 2.75) is 32.9 Å². The van der Waals surface area contributed by atoms with E-state index in [0.29, 0.717) is 43.4 Å². The lowest BCUT2D eigenvalue weighted by atomic mass is 10.1. The predicted octanol–water partition coefficient (Wildman–Crippen LogP) is 2.09. The van der Waals surface area contributed by atoms with Gasteiger partial charge >= 0.3 is 0 Å². The van der Waals surface area contributed by atoms with Crippen molar-refractivity contribution in [3.63, 3.8) is 0 Å². The molecule has 0 aliphatic carbocycles. The third-order valence-electron chi connectivity index (χ3n) is 4.70. The summed E-state index contributed by atoms with van der Waals surface area (Å²) in [4.78, 5) is 26.9. The Bertz CT molecular complexity index is 840. The number of amides is 2. The number of rotatable bonds is 8. The smallest absolute Gasteiger partial charge is 0.272 e. The van der Waals surface area contributed by atoms with E-state index in [1.165, 1.54) is 0 Å². The van der Waals surface area contributed by atoms with Crippen LogP contribution in [0.4, 0.5) is 0 Å². The van der Waals surface area contributed by atoms with Crippen LogP contribution in [0.15, 0.2) is 24.3 Å². The molecule has 0 saturated carbocycles. The lowest BCUT2D eigenvalue weighted by Crippen LogP contribution is -2.39. The number of nitrogens with one attached hydrogen (secondary N) is 1. The van der Waals surface area contributed by atoms with Crippen LogP contribution in [0.25, 0.3) is 0 Å². The molecule has 150 valence electrons. The second kappa shape index (κ2) is 8.77. The first-order valence-corrected chi connectivity index (χ1v) is 9.43. The molecular formula is C20H26N4O4. The van der Waals surface area contributed by atoms with Crippen molar-refractivity contribution >= 4 is 11.8 Å². The summed E-state index contributed by atoms with van der Waals surface area (Å²) in [5.74, 6) is 0.963. The Hall–Kier alpha value is -3.03. The average Bonchev–Trinajstić information content (AvgIpc) is 3.15. The van der Waals surface area contributed by atoms with Crippen LogP contribution < -0.4 is 14.8 Å². The molecule has 1 aromatic heterocycles. The molecule has 0 saturated heterocycles. The van der Waals surface area contributed by atoms with Crippen LogP contribution in [0.1, 0.15) is 46.3 Å². The highest BCUT2D eigenvalue weighted by atomic mass is 16.5. The first-order chi connectivity index (χ1) is 13.5. The number of fused-ring (bicyclic) bond motifs is 1. The molecule has 2 heterocycles. The number of unbranched alkanes of at least 4 members (excludes halogenated alkanes) is 1. The zero-order chi connectivity index (χ0) is 20.1. The zero-order valence-corrected chi connectivity index (χ0v) is 16.5. The predicted molar refractivity (Wildman–Crippen MR) is 104 cm³/mol. The largest absolute Gasteiger partial charge is 0.497 e. The van der Waals surface area contributed by atoms with Crippen molar-refractivity contribution in [3.05, 3.63) is 41.2 Å². The highest BCUT2D eigenvalue weighted by Crippen LogP contribution is 2.24. The molecule has 8 heteroatoms. The van der Waals surface area contributed by atoms with Crippen molar-refractivity contribution in [2.24, 2.45) is 0 Å². The van der Waals surface area contributed by atoms with E-state index in [-0.39, 0.29) is 17.5 Å². The number of nitrogens with zero attached hydrogens (tertiary/aromatic N) is 3. The molecule has 2 aromatic rings. The third-order valence-corrected chi connectivity index (χ3v) is 4.70. The molecule has 0 atom stereocenters. The number of carbonyl (C=O) groups excluding carboxylic acids is 2. The van der Waals surface area contributed by atoms with Gasteiger partial charge in [-0.3, -0.25) is 14.3 Å². The molecule has 28 heavy (non-hydrogen) atoms. The molecule has 1 N–H and O–H groups in total. The van der Waals surface area contributed by atoms with Gasteiger partial charge in [-0.1, -0.05) is 13.3 Å². The summed E-state index contributed by atoms with van der Waals surface area (Å²) in [5, 5.41) is 7.13. The maximum absolute atomic E-state index is 12.9. The Kier molecular flexibility index (Phi) is 6.18. The standard InChI is InChI=1S/C20H26N4O4/c1-4-5-6-21-19(25)17-12-18-20(26)23(7-8-24(18)22-17)13-14-9-15(27-2)11-16(10-14)28-3/h9-12H,4-8,13H2,1-3H3,(H,21,25). The number of carbonyl (C=O) groups is 2. The quantitative estimate of drug-likeness (QED) is 0.702. The van der Waals surface area contributed by atoms with Gasteiger partial charge in [0.2, 0.25) is 0 Å². The van der Waals surface area contributed by atoms with Crippen LogP contribution >= 0.6 is 0 Å². The van der Waals surface area contributed by atoms with E-state index in [2.05, 4.69) is 17.3 Å². The van der Waals surface area contributed by atoms with Crippen LogP contribution in [0.3, 0.4) is 0 Å². The Labute approximate surface area is 164 Å². The van der Waals surface area contributed by atoms with Crippen LogP contribution in [-0.4, -0.2) is 53.8 Å². The topological polar surface area (TPSA) is 85.7 Å². The van der Waals surface area contributed by atoms with Crippen LogP contribution in [0.2, 0.25) is 0 Å². The highest BCUT2D eigenvalue weighted by Gasteiger charge is 2.28. The molecule has 0 fully saturated rings. The minimum atomic E-state index is -0.243. The Morgan fingerprint density at radius 1 is 1.14 bits per heavy atom. The van der Waals surface area contributed by atoms with Gasteiger partial charge in [-0.15, -0.1) is 0 Å². The molecule has 0 unspecified atom stereocenters. The van der Waals surface area contributed by atoms with Gasteiger partial charge in [-0.25, -0.2) is 0 Å². The van der Waals surface area contributed by atoms with E-state index in [1.54, 1.807) is 35.9 Å². The fourth-order valence-electron chi connectivity index (χ4n) is 3.15. The normalized spacial score (nSPS) is 13.2. The van der Waals surface area contributed by atoms with E-state index in [1.807, 2.05) is 12.1 Å². The summed E-state index contributed by atoms with van der Waals surface area (Å²) in [5.41, 5.74) is 1.63. The summed E-state index contributed by atoms with van der Waals surface area (Å²) in [7, 11) is 3.19. The molecule has 1 aliphatic heterocycles. The molecule has 0 radical (unpaired) electrons. The van der Waals surface area contributed by atoms with E-state index >= 15 is 0 Å². The lowest BCUT2D eigenvalue weighted by Gasteiger charge is -2.27. The second-order valence-corrected chi connectivity index (χ2v) is 6.70. The Balaban J connectivity index is 1.73. The van der Waals surface area contributed by atoms with E-state index in [0.717, 1.165) is 18.4 Å². The van der Waals surface area contributed by atoms with Gasteiger partial charge in [0.15, 0.2) is 5.69 Å². The van der Waals surface area contributed by atoms with Gasteiger partial charge in [0.25, 0.3) is 11.8 Å². The number of benzene rings is 1. The number of hydrogen-bond acceptors (Lipinski definition) is 5. The highest BCUT2D eigenvalue weighted by molar-refractivity contribution is 5.98. The molecule has 8 nitrogen and oxygen atoms in total. The summed E-state index contributed by atoms with van der Waals surface area (Å²) in [6.45, 7) is 4.16. The molecule has 2 amide bonds. The molecule has 0 spiro atoms. The summed E-state index contributed by atoms with van der Waals surface area (Å²) in [6.07, 6.45) is 1.92. The maximum atomic E-state index is 12.9. The number of methoxy groups -OCH3 is 2. The fourth-order valence-corrected chi connectivity index (χ4v) is 3.15. The maximum Gasteiger partial charge on any atom is 0.272 e. The zero-order valence-electron chi connectivity index (χ0n) is 16.5.